The van der Waals surface area contributed by atoms with Crippen molar-refractivity contribution in [3.63, 3.8) is 0 Å². The topological polar surface area (TPSA) is 43.8 Å². The van der Waals surface area contributed by atoms with Gasteiger partial charge in [-0.25, -0.2) is 4.98 Å². The van der Waals surface area contributed by atoms with Crippen molar-refractivity contribution in [1.82, 2.24) is 9.55 Å². The maximum Gasteiger partial charge on any atom is 0.127 e. The third kappa shape index (κ3) is 2.20. The van der Waals surface area contributed by atoms with Crippen LogP contribution in [0, 0.1) is 0 Å². The van der Waals surface area contributed by atoms with E-state index >= 15 is 0 Å². The first kappa shape index (κ1) is 12.5. The molecule has 2 rings (SSSR count). The lowest BCUT2D eigenvalue weighted by Crippen LogP contribution is -2.11. The van der Waals surface area contributed by atoms with Crippen LogP contribution >= 0.6 is 0 Å². The van der Waals surface area contributed by atoms with Crippen molar-refractivity contribution >= 4 is 5.82 Å². The van der Waals surface area contributed by atoms with Crippen LogP contribution in [0.15, 0.2) is 0 Å². The number of imidazole rings is 1. The maximum absolute atomic E-state index is 6.32. The standard InChI is InChI=1S/C14H25N3/c1-9(2)14-16-12(11-7-5-6-8-11)13(15)17(14)10(3)4/h9-11H,5-8,15H2,1-4H3. The monoisotopic (exact) mass is 235 g/mol. The van der Waals surface area contributed by atoms with Crippen LogP contribution in [0.3, 0.4) is 0 Å². The number of nitrogen functional groups attached to an aromatic ring is 1. The maximum atomic E-state index is 6.32. The highest BCUT2D eigenvalue weighted by Gasteiger charge is 2.26. The van der Waals surface area contributed by atoms with E-state index in [0.29, 0.717) is 17.9 Å². The number of aromatic nitrogens is 2. The van der Waals surface area contributed by atoms with Gasteiger partial charge in [0, 0.05) is 17.9 Å². The average Bonchev–Trinajstić information content (AvgIpc) is 2.83. The van der Waals surface area contributed by atoms with Gasteiger partial charge in [-0.2, -0.15) is 0 Å². The molecule has 1 aromatic heterocycles. The van der Waals surface area contributed by atoms with Gasteiger partial charge in [-0.15, -0.1) is 0 Å². The molecule has 0 bridgehead atoms. The molecular weight excluding hydrogens is 210 g/mol. The van der Waals surface area contributed by atoms with Crippen molar-refractivity contribution in [1.29, 1.82) is 0 Å². The van der Waals surface area contributed by atoms with Crippen molar-refractivity contribution in [2.45, 2.75) is 71.3 Å². The van der Waals surface area contributed by atoms with Gasteiger partial charge >= 0.3 is 0 Å². The summed E-state index contributed by atoms with van der Waals surface area (Å²) < 4.78 is 2.22. The minimum Gasteiger partial charge on any atom is -0.384 e. The van der Waals surface area contributed by atoms with Crippen LogP contribution in [0.5, 0.6) is 0 Å². The molecule has 96 valence electrons. The van der Waals surface area contributed by atoms with E-state index in [0.717, 1.165) is 11.6 Å². The van der Waals surface area contributed by atoms with E-state index in [9.17, 15) is 0 Å². The lowest BCUT2D eigenvalue weighted by molar-refractivity contribution is 0.556. The van der Waals surface area contributed by atoms with Crippen LogP contribution in [0.2, 0.25) is 0 Å². The summed E-state index contributed by atoms with van der Waals surface area (Å²) >= 11 is 0. The Balaban J connectivity index is 2.43. The Bertz CT molecular complexity index is 384. The fraction of sp³-hybridized carbons (Fsp3) is 0.786. The fourth-order valence-electron chi connectivity index (χ4n) is 2.93. The third-order valence-corrected chi connectivity index (χ3v) is 3.78. The van der Waals surface area contributed by atoms with E-state index in [2.05, 4.69) is 32.3 Å². The molecule has 0 saturated heterocycles. The third-order valence-electron chi connectivity index (χ3n) is 3.78. The summed E-state index contributed by atoms with van der Waals surface area (Å²) in [6, 6.07) is 0.398. The highest BCUT2D eigenvalue weighted by molar-refractivity contribution is 5.42. The molecule has 0 radical (unpaired) electrons. The molecule has 17 heavy (non-hydrogen) atoms. The van der Waals surface area contributed by atoms with Gasteiger partial charge in [0.25, 0.3) is 0 Å². The summed E-state index contributed by atoms with van der Waals surface area (Å²) in [4.78, 5) is 4.85. The molecule has 0 atom stereocenters. The van der Waals surface area contributed by atoms with E-state index in [1.165, 1.54) is 31.4 Å². The molecule has 1 aliphatic rings. The van der Waals surface area contributed by atoms with Gasteiger partial charge in [0.15, 0.2) is 0 Å². The van der Waals surface area contributed by atoms with Gasteiger partial charge in [-0.3, -0.25) is 0 Å². The second kappa shape index (κ2) is 4.71. The van der Waals surface area contributed by atoms with Gasteiger partial charge in [-0.05, 0) is 26.7 Å². The molecule has 2 N–H and O–H groups in total. The Kier molecular flexibility index (Phi) is 3.45. The summed E-state index contributed by atoms with van der Waals surface area (Å²) in [6.07, 6.45) is 5.18. The quantitative estimate of drug-likeness (QED) is 0.865. The molecule has 0 aliphatic heterocycles. The van der Waals surface area contributed by atoms with Crippen molar-refractivity contribution < 1.29 is 0 Å². The SMILES string of the molecule is CC(C)c1nc(C2CCCC2)c(N)n1C(C)C. The van der Waals surface area contributed by atoms with Crippen LogP contribution in [-0.2, 0) is 0 Å². The zero-order chi connectivity index (χ0) is 12.6. The van der Waals surface area contributed by atoms with Gasteiger partial charge in [-0.1, -0.05) is 26.7 Å². The fourth-order valence-corrected chi connectivity index (χ4v) is 2.93. The molecular formula is C14H25N3. The zero-order valence-electron chi connectivity index (χ0n) is 11.5. The molecule has 1 fully saturated rings. The van der Waals surface area contributed by atoms with Crippen molar-refractivity contribution in [2.24, 2.45) is 0 Å². The Morgan fingerprint density at radius 3 is 2.18 bits per heavy atom. The van der Waals surface area contributed by atoms with E-state index in [1.807, 2.05) is 0 Å². The Morgan fingerprint density at radius 1 is 1.18 bits per heavy atom. The van der Waals surface area contributed by atoms with Gasteiger partial charge in [0.05, 0.1) is 5.69 Å². The summed E-state index contributed by atoms with van der Waals surface area (Å²) in [5, 5.41) is 0. The van der Waals surface area contributed by atoms with Crippen molar-refractivity contribution in [3.8, 4) is 0 Å². The minimum atomic E-state index is 0.398. The van der Waals surface area contributed by atoms with Crippen LogP contribution in [0.25, 0.3) is 0 Å². The van der Waals surface area contributed by atoms with Gasteiger partial charge in [0.1, 0.15) is 11.6 Å². The van der Waals surface area contributed by atoms with Crippen molar-refractivity contribution in [3.05, 3.63) is 11.5 Å². The van der Waals surface area contributed by atoms with E-state index in [-0.39, 0.29) is 0 Å². The number of rotatable bonds is 3. The molecule has 0 amide bonds. The molecule has 0 unspecified atom stereocenters. The number of hydrogen-bond acceptors (Lipinski definition) is 2. The predicted octanol–water partition coefficient (Wildman–Crippen LogP) is 3.83. The summed E-state index contributed by atoms with van der Waals surface area (Å²) in [7, 11) is 0. The summed E-state index contributed by atoms with van der Waals surface area (Å²) in [5.74, 6) is 3.11. The second-order valence-corrected chi connectivity index (χ2v) is 5.84. The highest BCUT2D eigenvalue weighted by Crippen LogP contribution is 2.38. The van der Waals surface area contributed by atoms with Crippen LogP contribution in [0.4, 0.5) is 5.82 Å². The van der Waals surface area contributed by atoms with Gasteiger partial charge < -0.3 is 10.3 Å². The summed E-state index contributed by atoms with van der Waals surface area (Å²) in [6.45, 7) is 8.75. The summed E-state index contributed by atoms with van der Waals surface area (Å²) in [5.41, 5.74) is 7.49. The van der Waals surface area contributed by atoms with Crippen LogP contribution in [0.1, 0.15) is 82.8 Å². The first-order valence-electron chi connectivity index (χ1n) is 6.89. The smallest absolute Gasteiger partial charge is 0.127 e. The van der Waals surface area contributed by atoms with E-state index < -0.39 is 0 Å². The van der Waals surface area contributed by atoms with E-state index in [4.69, 9.17) is 10.7 Å². The molecule has 1 aromatic rings. The minimum absolute atomic E-state index is 0.398. The molecule has 0 spiro atoms. The Labute approximate surface area is 104 Å². The second-order valence-electron chi connectivity index (χ2n) is 5.84. The molecule has 0 aromatic carbocycles. The average molecular weight is 235 g/mol. The first-order chi connectivity index (χ1) is 8.02. The zero-order valence-corrected chi connectivity index (χ0v) is 11.5. The lowest BCUT2D eigenvalue weighted by Gasteiger charge is -2.15. The Hall–Kier alpha value is -0.990. The molecule has 3 nitrogen and oxygen atoms in total. The predicted molar refractivity (Wildman–Crippen MR) is 72.3 cm³/mol. The number of anilines is 1. The van der Waals surface area contributed by atoms with Crippen molar-refractivity contribution in [2.75, 3.05) is 5.73 Å². The lowest BCUT2D eigenvalue weighted by atomic mass is 10.0. The van der Waals surface area contributed by atoms with Crippen LogP contribution < -0.4 is 5.73 Å². The van der Waals surface area contributed by atoms with Crippen LogP contribution in [-0.4, -0.2) is 9.55 Å². The van der Waals surface area contributed by atoms with Gasteiger partial charge in [0.2, 0.25) is 0 Å². The molecule has 3 heteroatoms. The molecule has 1 aliphatic carbocycles. The highest BCUT2D eigenvalue weighted by atomic mass is 15.2. The van der Waals surface area contributed by atoms with E-state index in [1.54, 1.807) is 0 Å². The Morgan fingerprint density at radius 2 is 1.76 bits per heavy atom. The molecule has 1 heterocycles. The largest absolute Gasteiger partial charge is 0.384 e. The molecule has 1 saturated carbocycles. The first-order valence-corrected chi connectivity index (χ1v) is 6.89. The normalized spacial score (nSPS) is 17.5. The number of nitrogens with zero attached hydrogens (tertiary/aromatic N) is 2. The number of nitrogens with two attached hydrogens (primary N) is 1. The number of hydrogen-bond donors (Lipinski definition) is 1.